The fraction of sp³-hybridized carbons (Fsp3) is 0.333. The Balaban J connectivity index is 2.17. The van der Waals surface area contributed by atoms with Gasteiger partial charge in [-0.2, -0.15) is 0 Å². The molecule has 0 radical (unpaired) electrons. The van der Waals surface area contributed by atoms with E-state index in [1.54, 1.807) is 6.92 Å². The summed E-state index contributed by atoms with van der Waals surface area (Å²) in [5, 5.41) is 8.96. The summed E-state index contributed by atoms with van der Waals surface area (Å²) in [6.07, 6.45) is 0.618. The Kier molecular flexibility index (Phi) is 3.69. The first-order valence-corrected chi connectivity index (χ1v) is 6.35. The van der Waals surface area contributed by atoms with E-state index in [-0.39, 0.29) is 5.69 Å². The molecule has 19 heavy (non-hydrogen) atoms. The molecule has 1 aromatic heterocycles. The van der Waals surface area contributed by atoms with Gasteiger partial charge < -0.3 is 10.1 Å². The number of hydrogen-bond acceptors (Lipinski definition) is 2. The lowest BCUT2D eigenvalue weighted by molar-refractivity contribution is 0.0690. The number of aromatic carboxylic acids is 1. The van der Waals surface area contributed by atoms with Crippen LogP contribution in [0, 0.1) is 6.92 Å². The SMILES string of the molecule is Cc1[nH]c(Cc2ccc(C(C)C)cc2)nc1C(=O)O. The number of aromatic nitrogens is 2. The highest BCUT2D eigenvalue weighted by atomic mass is 16.4. The van der Waals surface area contributed by atoms with E-state index in [1.165, 1.54) is 5.56 Å². The van der Waals surface area contributed by atoms with Crippen molar-refractivity contribution in [2.75, 3.05) is 0 Å². The third kappa shape index (κ3) is 3.02. The van der Waals surface area contributed by atoms with E-state index in [1.807, 2.05) is 0 Å². The minimum atomic E-state index is -0.991. The van der Waals surface area contributed by atoms with Crippen LogP contribution in [0.3, 0.4) is 0 Å². The van der Waals surface area contributed by atoms with Gasteiger partial charge in [0.25, 0.3) is 0 Å². The molecule has 0 aliphatic carbocycles. The molecule has 0 saturated heterocycles. The quantitative estimate of drug-likeness (QED) is 0.885. The van der Waals surface area contributed by atoms with Gasteiger partial charge in [-0.15, -0.1) is 0 Å². The molecule has 2 rings (SSSR count). The molecule has 0 aliphatic heterocycles. The van der Waals surface area contributed by atoms with Crippen LogP contribution in [-0.2, 0) is 6.42 Å². The number of benzene rings is 1. The zero-order valence-electron chi connectivity index (χ0n) is 11.4. The summed E-state index contributed by atoms with van der Waals surface area (Å²) >= 11 is 0. The van der Waals surface area contributed by atoms with Crippen LogP contribution in [-0.4, -0.2) is 21.0 Å². The van der Waals surface area contributed by atoms with Gasteiger partial charge in [0.05, 0.1) is 0 Å². The Bertz CT molecular complexity index is 583. The van der Waals surface area contributed by atoms with Crippen molar-refractivity contribution in [2.24, 2.45) is 0 Å². The molecule has 0 amide bonds. The van der Waals surface area contributed by atoms with E-state index in [0.29, 0.717) is 23.9 Å². The molecular weight excluding hydrogens is 240 g/mol. The molecule has 100 valence electrons. The minimum absolute atomic E-state index is 0.105. The van der Waals surface area contributed by atoms with Crippen LogP contribution in [0.1, 0.15) is 52.9 Å². The zero-order valence-corrected chi connectivity index (χ0v) is 11.4. The van der Waals surface area contributed by atoms with Crippen molar-refractivity contribution in [3.05, 3.63) is 52.6 Å². The van der Waals surface area contributed by atoms with Crippen LogP contribution >= 0.6 is 0 Å². The summed E-state index contributed by atoms with van der Waals surface area (Å²) < 4.78 is 0. The molecule has 0 fully saturated rings. The van der Waals surface area contributed by atoms with Crippen LogP contribution in [0.25, 0.3) is 0 Å². The van der Waals surface area contributed by atoms with Gasteiger partial charge in [-0.05, 0) is 24.0 Å². The Labute approximate surface area is 112 Å². The van der Waals surface area contributed by atoms with E-state index in [0.717, 1.165) is 5.56 Å². The summed E-state index contributed by atoms with van der Waals surface area (Å²) in [7, 11) is 0. The first-order chi connectivity index (χ1) is 8.97. The lowest BCUT2D eigenvalue weighted by atomic mass is 10.0. The van der Waals surface area contributed by atoms with Crippen LogP contribution in [0.4, 0.5) is 0 Å². The van der Waals surface area contributed by atoms with Crippen molar-refractivity contribution in [1.82, 2.24) is 9.97 Å². The maximum Gasteiger partial charge on any atom is 0.356 e. The smallest absolute Gasteiger partial charge is 0.356 e. The van der Waals surface area contributed by atoms with Crippen molar-refractivity contribution in [3.8, 4) is 0 Å². The number of rotatable bonds is 4. The van der Waals surface area contributed by atoms with E-state index < -0.39 is 5.97 Å². The standard InChI is InChI=1S/C15H18N2O2/c1-9(2)12-6-4-11(5-7-12)8-13-16-10(3)14(17-13)15(18)19/h4-7,9H,8H2,1-3H3,(H,16,17)(H,18,19). The van der Waals surface area contributed by atoms with Gasteiger partial charge in [-0.3, -0.25) is 0 Å². The minimum Gasteiger partial charge on any atom is -0.476 e. The third-order valence-electron chi connectivity index (χ3n) is 3.15. The molecule has 1 aromatic carbocycles. The second-order valence-electron chi connectivity index (χ2n) is 5.04. The monoisotopic (exact) mass is 258 g/mol. The summed E-state index contributed by atoms with van der Waals surface area (Å²) in [5.74, 6) is 0.209. The molecule has 0 saturated carbocycles. The molecule has 0 atom stereocenters. The van der Waals surface area contributed by atoms with Gasteiger partial charge in [0.1, 0.15) is 5.82 Å². The molecule has 2 aromatic rings. The fourth-order valence-corrected chi connectivity index (χ4v) is 2.03. The van der Waals surface area contributed by atoms with Crippen molar-refractivity contribution in [2.45, 2.75) is 33.1 Å². The average Bonchev–Trinajstić information content (AvgIpc) is 2.71. The third-order valence-corrected chi connectivity index (χ3v) is 3.15. The maximum absolute atomic E-state index is 10.9. The number of imidazole rings is 1. The molecule has 2 N–H and O–H groups in total. The van der Waals surface area contributed by atoms with E-state index in [4.69, 9.17) is 5.11 Å². The lowest BCUT2D eigenvalue weighted by Gasteiger charge is -2.05. The average molecular weight is 258 g/mol. The highest BCUT2D eigenvalue weighted by Gasteiger charge is 2.13. The summed E-state index contributed by atoms with van der Waals surface area (Å²) in [6.45, 7) is 6.04. The molecule has 0 unspecified atom stereocenters. The molecular formula is C15H18N2O2. The molecule has 0 bridgehead atoms. The Morgan fingerprint density at radius 1 is 1.32 bits per heavy atom. The Morgan fingerprint density at radius 2 is 1.95 bits per heavy atom. The van der Waals surface area contributed by atoms with Gasteiger partial charge in [-0.25, -0.2) is 9.78 Å². The van der Waals surface area contributed by atoms with Crippen molar-refractivity contribution in [1.29, 1.82) is 0 Å². The van der Waals surface area contributed by atoms with E-state index in [2.05, 4.69) is 48.1 Å². The van der Waals surface area contributed by atoms with Gasteiger partial charge >= 0.3 is 5.97 Å². The fourth-order valence-electron chi connectivity index (χ4n) is 2.03. The van der Waals surface area contributed by atoms with Crippen LogP contribution in [0.15, 0.2) is 24.3 Å². The number of aryl methyl sites for hydroxylation is 1. The van der Waals surface area contributed by atoms with Crippen LogP contribution < -0.4 is 0 Å². The lowest BCUT2D eigenvalue weighted by Crippen LogP contribution is -1.99. The largest absolute Gasteiger partial charge is 0.476 e. The highest BCUT2D eigenvalue weighted by Crippen LogP contribution is 2.16. The number of carbonyl (C=O) groups is 1. The normalized spacial score (nSPS) is 10.9. The highest BCUT2D eigenvalue weighted by molar-refractivity contribution is 5.86. The second kappa shape index (κ2) is 5.26. The van der Waals surface area contributed by atoms with Gasteiger partial charge in [0.2, 0.25) is 0 Å². The summed E-state index contributed by atoms with van der Waals surface area (Å²) in [4.78, 5) is 18.1. The Hall–Kier alpha value is -2.10. The predicted octanol–water partition coefficient (Wildman–Crippen LogP) is 3.13. The molecule has 0 aliphatic rings. The van der Waals surface area contributed by atoms with Crippen molar-refractivity contribution < 1.29 is 9.90 Å². The molecule has 4 heteroatoms. The zero-order chi connectivity index (χ0) is 14.0. The first kappa shape index (κ1) is 13.3. The maximum atomic E-state index is 10.9. The van der Waals surface area contributed by atoms with E-state index >= 15 is 0 Å². The van der Waals surface area contributed by atoms with Gasteiger partial charge in [0, 0.05) is 12.1 Å². The van der Waals surface area contributed by atoms with Gasteiger partial charge in [0.15, 0.2) is 5.69 Å². The number of carboxylic acid groups (broad SMARTS) is 1. The second-order valence-corrected chi connectivity index (χ2v) is 5.04. The molecule has 4 nitrogen and oxygen atoms in total. The van der Waals surface area contributed by atoms with Crippen LogP contribution in [0.5, 0.6) is 0 Å². The number of hydrogen-bond donors (Lipinski definition) is 2. The number of nitrogens with zero attached hydrogens (tertiary/aromatic N) is 1. The number of aromatic amines is 1. The van der Waals surface area contributed by atoms with Crippen molar-refractivity contribution >= 4 is 5.97 Å². The topological polar surface area (TPSA) is 66.0 Å². The number of nitrogens with one attached hydrogen (secondary N) is 1. The number of carboxylic acids is 1. The van der Waals surface area contributed by atoms with Crippen molar-refractivity contribution in [3.63, 3.8) is 0 Å². The predicted molar refractivity (Wildman–Crippen MR) is 73.6 cm³/mol. The van der Waals surface area contributed by atoms with Crippen LogP contribution in [0.2, 0.25) is 0 Å². The first-order valence-electron chi connectivity index (χ1n) is 6.35. The number of H-pyrrole nitrogens is 1. The molecule has 1 heterocycles. The van der Waals surface area contributed by atoms with Gasteiger partial charge in [-0.1, -0.05) is 38.1 Å². The van der Waals surface area contributed by atoms with E-state index in [9.17, 15) is 4.79 Å². The summed E-state index contributed by atoms with van der Waals surface area (Å²) in [6, 6.07) is 8.34. The molecule has 0 spiro atoms. The Morgan fingerprint density at radius 3 is 2.42 bits per heavy atom. The summed E-state index contributed by atoms with van der Waals surface area (Å²) in [5.41, 5.74) is 3.12.